The van der Waals surface area contributed by atoms with Gasteiger partial charge in [-0.05, 0) is 0 Å². The monoisotopic (exact) mass is 202 g/mol. The van der Waals surface area contributed by atoms with E-state index in [1.54, 1.807) is 31.3 Å². The Morgan fingerprint density at radius 1 is 1.33 bits per heavy atom. The number of hydrogen-bond donors (Lipinski definition) is 1. The van der Waals surface area contributed by atoms with Gasteiger partial charge in [-0.3, -0.25) is 4.79 Å². The number of aliphatic hydroxyl groups excluding tert-OH is 1. The number of hydrogen-bond acceptors (Lipinski definition) is 3. The Bertz CT molecular complexity index is 449. The van der Waals surface area contributed by atoms with Crippen LogP contribution >= 0.6 is 0 Å². The van der Waals surface area contributed by atoms with E-state index in [1.807, 2.05) is 6.07 Å². The van der Waals surface area contributed by atoms with Gasteiger partial charge in [-0.2, -0.15) is 5.10 Å². The summed E-state index contributed by atoms with van der Waals surface area (Å²) in [6, 6.07) is 8.92. The van der Waals surface area contributed by atoms with Crippen LogP contribution in [-0.2, 0) is 4.79 Å². The maximum atomic E-state index is 11.5. The van der Waals surface area contributed by atoms with E-state index in [-0.39, 0.29) is 17.2 Å². The molecular weight excluding hydrogens is 192 g/mol. The van der Waals surface area contributed by atoms with E-state index >= 15 is 0 Å². The van der Waals surface area contributed by atoms with Crippen molar-refractivity contribution in [2.75, 3.05) is 7.05 Å². The van der Waals surface area contributed by atoms with Crippen LogP contribution in [0.15, 0.2) is 41.0 Å². The molecule has 1 aliphatic heterocycles. The van der Waals surface area contributed by atoms with Crippen LogP contribution in [0.2, 0.25) is 0 Å². The van der Waals surface area contributed by atoms with Gasteiger partial charge < -0.3 is 5.11 Å². The van der Waals surface area contributed by atoms with Gasteiger partial charge in [-0.25, -0.2) is 5.01 Å². The molecule has 1 aromatic rings. The van der Waals surface area contributed by atoms with Crippen molar-refractivity contribution < 1.29 is 9.90 Å². The van der Waals surface area contributed by atoms with Gasteiger partial charge in [0.05, 0.1) is 6.21 Å². The Labute approximate surface area is 87.1 Å². The quantitative estimate of drug-likeness (QED) is 0.553. The molecule has 0 unspecified atom stereocenters. The number of nitrogens with zero attached hydrogens (tertiary/aromatic N) is 2. The van der Waals surface area contributed by atoms with Crippen LogP contribution in [0.25, 0.3) is 5.76 Å². The molecule has 0 fully saturated rings. The van der Waals surface area contributed by atoms with Crippen LogP contribution in [0.3, 0.4) is 0 Å². The lowest BCUT2D eigenvalue weighted by atomic mass is 10.1. The molecule has 0 bridgehead atoms. The molecule has 4 nitrogen and oxygen atoms in total. The minimum atomic E-state index is -0.295. The Kier molecular flexibility index (Phi) is 2.25. The zero-order valence-corrected chi connectivity index (χ0v) is 8.21. The van der Waals surface area contributed by atoms with Gasteiger partial charge in [0, 0.05) is 12.6 Å². The highest BCUT2D eigenvalue weighted by atomic mass is 16.3. The third kappa shape index (κ3) is 1.61. The molecule has 1 amide bonds. The molecule has 0 saturated carbocycles. The van der Waals surface area contributed by atoms with Gasteiger partial charge in [0.15, 0.2) is 0 Å². The van der Waals surface area contributed by atoms with Crippen LogP contribution in [0.4, 0.5) is 0 Å². The Balaban J connectivity index is 2.44. The number of benzene rings is 1. The Morgan fingerprint density at radius 2 is 2.00 bits per heavy atom. The summed E-state index contributed by atoms with van der Waals surface area (Å²) in [5.41, 5.74) is 0.839. The third-order valence-electron chi connectivity index (χ3n) is 2.19. The van der Waals surface area contributed by atoms with Crippen molar-refractivity contribution in [3.8, 4) is 0 Å². The molecule has 76 valence electrons. The molecule has 1 aliphatic rings. The molecule has 15 heavy (non-hydrogen) atoms. The second-order valence-electron chi connectivity index (χ2n) is 3.20. The van der Waals surface area contributed by atoms with Gasteiger partial charge in [-0.1, -0.05) is 30.3 Å². The van der Waals surface area contributed by atoms with E-state index in [4.69, 9.17) is 0 Å². The molecule has 0 atom stereocenters. The molecular formula is C11H10N2O2. The van der Waals surface area contributed by atoms with Crippen molar-refractivity contribution in [3.05, 3.63) is 41.5 Å². The summed E-state index contributed by atoms with van der Waals surface area (Å²) in [7, 11) is 1.55. The molecule has 0 spiro atoms. The molecule has 1 aromatic carbocycles. The predicted octanol–water partition coefficient (Wildman–Crippen LogP) is 1.41. The summed E-state index contributed by atoms with van der Waals surface area (Å²) in [6.45, 7) is 0. The van der Waals surface area contributed by atoms with Crippen molar-refractivity contribution in [1.82, 2.24) is 5.01 Å². The largest absolute Gasteiger partial charge is 0.506 e. The second-order valence-corrected chi connectivity index (χ2v) is 3.20. The van der Waals surface area contributed by atoms with Crippen molar-refractivity contribution in [2.45, 2.75) is 0 Å². The van der Waals surface area contributed by atoms with E-state index < -0.39 is 0 Å². The van der Waals surface area contributed by atoms with Crippen molar-refractivity contribution >= 4 is 17.9 Å². The second kappa shape index (κ2) is 3.57. The highest BCUT2D eigenvalue weighted by Crippen LogP contribution is 2.18. The number of rotatable bonds is 1. The zero-order valence-electron chi connectivity index (χ0n) is 8.21. The van der Waals surface area contributed by atoms with E-state index in [1.165, 1.54) is 11.2 Å². The number of amides is 1. The first-order valence-corrected chi connectivity index (χ1v) is 4.51. The molecule has 4 heteroatoms. The number of hydrazone groups is 1. The summed E-state index contributed by atoms with van der Waals surface area (Å²) in [5.74, 6) is -0.329. The average molecular weight is 202 g/mol. The molecule has 1 heterocycles. The van der Waals surface area contributed by atoms with Crippen molar-refractivity contribution in [1.29, 1.82) is 0 Å². The SMILES string of the molecule is CN1N=C/C(=C(\O)c2ccccc2)C1=O. The zero-order chi connectivity index (χ0) is 10.8. The minimum absolute atomic E-state index is 0.0336. The van der Waals surface area contributed by atoms with Crippen molar-refractivity contribution in [2.24, 2.45) is 5.10 Å². The fourth-order valence-corrected chi connectivity index (χ4v) is 1.34. The van der Waals surface area contributed by atoms with Gasteiger partial charge in [-0.15, -0.1) is 0 Å². The first-order chi connectivity index (χ1) is 7.20. The molecule has 0 aliphatic carbocycles. The number of carbonyl (C=O) groups is 1. The maximum Gasteiger partial charge on any atom is 0.279 e. The standard InChI is InChI=1S/C11H10N2O2/c1-13-11(15)9(7-12-13)10(14)8-5-3-2-4-6-8/h2-7,14H,1H3/b10-9+. The summed E-state index contributed by atoms with van der Waals surface area (Å²) < 4.78 is 0. The third-order valence-corrected chi connectivity index (χ3v) is 2.19. The van der Waals surface area contributed by atoms with Crippen LogP contribution in [-0.4, -0.2) is 29.3 Å². The highest BCUT2D eigenvalue weighted by Gasteiger charge is 2.23. The smallest absolute Gasteiger partial charge is 0.279 e. The van der Waals surface area contributed by atoms with Crippen LogP contribution in [0.1, 0.15) is 5.56 Å². The van der Waals surface area contributed by atoms with Gasteiger partial charge in [0.25, 0.3) is 5.91 Å². The summed E-state index contributed by atoms with van der Waals surface area (Å²) in [6.07, 6.45) is 1.37. The van der Waals surface area contributed by atoms with Crippen LogP contribution < -0.4 is 0 Å². The lowest BCUT2D eigenvalue weighted by Gasteiger charge is -2.04. The van der Waals surface area contributed by atoms with Gasteiger partial charge in [0.2, 0.25) is 0 Å². The lowest BCUT2D eigenvalue weighted by Crippen LogP contribution is -2.17. The normalized spacial score (nSPS) is 18.5. The first-order valence-electron chi connectivity index (χ1n) is 4.51. The molecule has 2 rings (SSSR count). The fraction of sp³-hybridized carbons (Fsp3) is 0.0909. The van der Waals surface area contributed by atoms with Gasteiger partial charge in [0.1, 0.15) is 11.3 Å². The summed E-state index contributed by atoms with van der Waals surface area (Å²) in [5, 5.41) is 14.8. The maximum absolute atomic E-state index is 11.5. The lowest BCUT2D eigenvalue weighted by molar-refractivity contribution is -0.124. The predicted molar refractivity (Wildman–Crippen MR) is 57.3 cm³/mol. The molecule has 1 N–H and O–H groups in total. The molecule has 0 aromatic heterocycles. The van der Waals surface area contributed by atoms with E-state index in [0.29, 0.717) is 5.56 Å². The van der Waals surface area contributed by atoms with E-state index in [0.717, 1.165) is 0 Å². The van der Waals surface area contributed by atoms with E-state index in [2.05, 4.69) is 5.10 Å². The number of carbonyl (C=O) groups excluding carboxylic acids is 1. The Hall–Kier alpha value is -2.10. The van der Waals surface area contributed by atoms with Crippen LogP contribution in [0.5, 0.6) is 0 Å². The summed E-state index contributed by atoms with van der Waals surface area (Å²) in [4.78, 5) is 11.5. The topological polar surface area (TPSA) is 52.9 Å². The number of likely N-dealkylation sites (N-methyl/N-ethyl adjacent to an activating group) is 1. The molecule has 0 saturated heterocycles. The minimum Gasteiger partial charge on any atom is -0.506 e. The number of aliphatic hydroxyl groups is 1. The van der Waals surface area contributed by atoms with Crippen LogP contribution in [0, 0.1) is 0 Å². The van der Waals surface area contributed by atoms with Crippen molar-refractivity contribution in [3.63, 3.8) is 0 Å². The first kappa shape index (κ1) is 9.45. The van der Waals surface area contributed by atoms with Gasteiger partial charge >= 0.3 is 0 Å². The van der Waals surface area contributed by atoms with E-state index in [9.17, 15) is 9.90 Å². The summed E-state index contributed by atoms with van der Waals surface area (Å²) >= 11 is 0. The Morgan fingerprint density at radius 3 is 2.53 bits per heavy atom. The fourth-order valence-electron chi connectivity index (χ4n) is 1.34. The highest BCUT2D eigenvalue weighted by molar-refractivity contribution is 6.19. The molecule has 0 radical (unpaired) electrons. The average Bonchev–Trinajstić information content (AvgIpc) is 2.60.